The van der Waals surface area contributed by atoms with E-state index in [4.69, 9.17) is 5.73 Å². The SMILES string of the molecule is CCN(CC)C(C(=O)NCC(C)(C)N)c1ccccc1. The average molecular weight is 277 g/mol. The Morgan fingerprint density at radius 2 is 1.80 bits per heavy atom. The monoisotopic (exact) mass is 277 g/mol. The summed E-state index contributed by atoms with van der Waals surface area (Å²) in [6, 6.07) is 9.63. The number of amides is 1. The van der Waals surface area contributed by atoms with Crippen LogP contribution in [-0.2, 0) is 4.79 Å². The number of carbonyl (C=O) groups excluding carboxylic acids is 1. The quantitative estimate of drug-likeness (QED) is 0.800. The Morgan fingerprint density at radius 3 is 2.25 bits per heavy atom. The molecule has 0 aromatic heterocycles. The molecule has 0 saturated carbocycles. The highest BCUT2D eigenvalue weighted by molar-refractivity contribution is 5.83. The molecule has 0 saturated heterocycles. The first-order valence-corrected chi connectivity index (χ1v) is 7.24. The molecule has 20 heavy (non-hydrogen) atoms. The predicted molar refractivity (Wildman–Crippen MR) is 83.4 cm³/mol. The molecule has 4 nitrogen and oxygen atoms in total. The number of benzene rings is 1. The fourth-order valence-electron chi connectivity index (χ4n) is 2.16. The first kappa shape index (κ1) is 16.7. The van der Waals surface area contributed by atoms with Crippen molar-refractivity contribution >= 4 is 5.91 Å². The molecule has 0 bridgehead atoms. The van der Waals surface area contributed by atoms with E-state index in [1.807, 2.05) is 44.2 Å². The van der Waals surface area contributed by atoms with Crippen LogP contribution in [0.15, 0.2) is 30.3 Å². The maximum absolute atomic E-state index is 12.5. The van der Waals surface area contributed by atoms with Crippen molar-refractivity contribution in [3.63, 3.8) is 0 Å². The second-order valence-electron chi connectivity index (χ2n) is 5.74. The number of hydrogen-bond donors (Lipinski definition) is 2. The van der Waals surface area contributed by atoms with Gasteiger partial charge in [0.25, 0.3) is 0 Å². The van der Waals surface area contributed by atoms with Crippen LogP contribution in [0.3, 0.4) is 0 Å². The fourth-order valence-corrected chi connectivity index (χ4v) is 2.16. The zero-order chi connectivity index (χ0) is 15.2. The third-order valence-corrected chi connectivity index (χ3v) is 3.26. The number of nitrogens with one attached hydrogen (secondary N) is 1. The largest absolute Gasteiger partial charge is 0.353 e. The molecule has 1 aromatic carbocycles. The third-order valence-electron chi connectivity index (χ3n) is 3.26. The lowest BCUT2D eigenvalue weighted by Crippen LogP contribution is -2.48. The van der Waals surface area contributed by atoms with E-state index in [9.17, 15) is 4.79 Å². The summed E-state index contributed by atoms with van der Waals surface area (Å²) < 4.78 is 0. The van der Waals surface area contributed by atoms with Gasteiger partial charge in [0.15, 0.2) is 0 Å². The van der Waals surface area contributed by atoms with E-state index < -0.39 is 5.54 Å². The van der Waals surface area contributed by atoms with Gasteiger partial charge in [-0.3, -0.25) is 9.69 Å². The maximum Gasteiger partial charge on any atom is 0.242 e. The van der Waals surface area contributed by atoms with Crippen LogP contribution in [0.5, 0.6) is 0 Å². The molecule has 0 radical (unpaired) electrons. The molecule has 3 N–H and O–H groups in total. The van der Waals surface area contributed by atoms with Gasteiger partial charge in [0, 0.05) is 12.1 Å². The van der Waals surface area contributed by atoms with Crippen LogP contribution in [0, 0.1) is 0 Å². The standard InChI is InChI=1S/C16H27N3O/c1-5-19(6-2)14(13-10-8-7-9-11-13)15(20)18-12-16(3,4)17/h7-11,14H,5-6,12,17H2,1-4H3,(H,18,20). The molecule has 0 fully saturated rings. The second kappa shape index (κ2) is 7.41. The van der Waals surface area contributed by atoms with Gasteiger partial charge >= 0.3 is 0 Å². The Labute approximate surface area is 122 Å². The average Bonchev–Trinajstić information content (AvgIpc) is 2.42. The van der Waals surface area contributed by atoms with Crippen LogP contribution in [0.1, 0.15) is 39.3 Å². The Kier molecular flexibility index (Phi) is 6.17. The number of nitrogens with two attached hydrogens (primary N) is 1. The molecule has 1 atom stereocenters. The molecule has 112 valence electrons. The Morgan fingerprint density at radius 1 is 1.25 bits per heavy atom. The van der Waals surface area contributed by atoms with Gasteiger partial charge in [-0.1, -0.05) is 44.2 Å². The summed E-state index contributed by atoms with van der Waals surface area (Å²) in [4.78, 5) is 14.7. The number of likely N-dealkylation sites (N-methyl/N-ethyl adjacent to an activating group) is 1. The summed E-state index contributed by atoms with van der Waals surface area (Å²) >= 11 is 0. The summed E-state index contributed by atoms with van der Waals surface area (Å²) in [5.74, 6) is 0.0124. The highest BCUT2D eigenvalue weighted by Crippen LogP contribution is 2.20. The van der Waals surface area contributed by atoms with E-state index in [2.05, 4.69) is 24.1 Å². The van der Waals surface area contributed by atoms with E-state index in [0.717, 1.165) is 18.7 Å². The lowest BCUT2D eigenvalue weighted by Gasteiger charge is -2.30. The number of nitrogens with zero attached hydrogens (tertiary/aromatic N) is 1. The van der Waals surface area contributed by atoms with Crippen LogP contribution < -0.4 is 11.1 Å². The zero-order valence-corrected chi connectivity index (χ0v) is 13.0. The minimum absolute atomic E-state index is 0.0124. The molecule has 1 unspecified atom stereocenters. The third kappa shape index (κ3) is 4.94. The van der Waals surface area contributed by atoms with Crippen LogP contribution in [0.4, 0.5) is 0 Å². The van der Waals surface area contributed by atoms with Crippen molar-refractivity contribution in [2.75, 3.05) is 19.6 Å². The van der Waals surface area contributed by atoms with Crippen LogP contribution in [0.2, 0.25) is 0 Å². The minimum atomic E-state index is -0.403. The van der Waals surface area contributed by atoms with E-state index in [1.165, 1.54) is 0 Å². The van der Waals surface area contributed by atoms with E-state index >= 15 is 0 Å². The van der Waals surface area contributed by atoms with Crippen molar-refractivity contribution < 1.29 is 4.79 Å². The summed E-state index contributed by atoms with van der Waals surface area (Å²) in [5, 5.41) is 2.96. The van der Waals surface area contributed by atoms with Crippen molar-refractivity contribution in [1.29, 1.82) is 0 Å². The van der Waals surface area contributed by atoms with Crippen molar-refractivity contribution in [3.05, 3.63) is 35.9 Å². The summed E-state index contributed by atoms with van der Waals surface area (Å²) in [6.07, 6.45) is 0. The van der Waals surface area contributed by atoms with Gasteiger partial charge in [-0.25, -0.2) is 0 Å². The van der Waals surface area contributed by atoms with E-state index in [0.29, 0.717) is 6.54 Å². The van der Waals surface area contributed by atoms with E-state index in [-0.39, 0.29) is 11.9 Å². The van der Waals surface area contributed by atoms with Crippen molar-refractivity contribution in [3.8, 4) is 0 Å². The first-order chi connectivity index (χ1) is 9.39. The maximum atomic E-state index is 12.5. The molecular weight excluding hydrogens is 250 g/mol. The van der Waals surface area contributed by atoms with Crippen molar-refractivity contribution in [1.82, 2.24) is 10.2 Å². The fraction of sp³-hybridized carbons (Fsp3) is 0.562. The highest BCUT2D eigenvalue weighted by atomic mass is 16.2. The summed E-state index contributed by atoms with van der Waals surface area (Å²) in [7, 11) is 0. The molecule has 0 aliphatic carbocycles. The topological polar surface area (TPSA) is 58.4 Å². The zero-order valence-electron chi connectivity index (χ0n) is 13.0. The molecule has 4 heteroatoms. The molecule has 0 spiro atoms. The summed E-state index contributed by atoms with van der Waals surface area (Å²) in [5.41, 5.74) is 6.55. The van der Waals surface area contributed by atoms with Crippen LogP contribution >= 0.6 is 0 Å². The molecule has 1 aromatic rings. The smallest absolute Gasteiger partial charge is 0.242 e. The first-order valence-electron chi connectivity index (χ1n) is 7.24. The normalized spacial score (nSPS) is 13.3. The molecule has 1 rings (SSSR count). The minimum Gasteiger partial charge on any atom is -0.353 e. The predicted octanol–water partition coefficient (Wildman–Crippen LogP) is 1.92. The van der Waals surface area contributed by atoms with Gasteiger partial charge in [0.05, 0.1) is 0 Å². The van der Waals surface area contributed by atoms with Crippen molar-refractivity contribution in [2.24, 2.45) is 5.73 Å². The number of hydrogen-bond acceptors (Lipinski definition) is 3. The van der Waals surface area contributed by atoms with E-state index in [1.54, 1.807) is 0 Å². The lowest BCUT2D eigenvalue weighted by atomic mass is 10.0. The van der Waals surface area contributed by atoms with Gasteiger partial charge in [0.1, 0.15) is 6.04 Å². The molecule has 1 amide bonds. The lowest BCUT2D eigenvalue weighted by molar-refractivity contribution is -0.126. The highest BCUT2D eigenvalue weighted by Gasteiger charge is 2.26. The van der Waals surface area contributed by atoms with Crippen molar-refractivity contribution in [2.45, 2.75) is 39.3 Å². The second-order valence-corrected chi connectivity index (χ2v) is 5.74. The molecular formula is C16H27N3O. The number of rotatable bonds is 7. The van der Waals surface area contributed by atoms with Crippen LogP contribution in [-0.4, -0.2) is 36.0 Å². The van der Waals surface area contributed by atoms with Gasteiger partial charge in [0.2, 0.25) is 5.91 Å². The van der Waals surface area contributed by atoms with Gasteiger partial charge in [-0.15, -0.1) is 0 Å². The molecule has 0 aliphatic heterocycles. The summed E-state index contributed by atoms with van der Waals surface area (Å²) in [6.45, 7) is 10.1. The number of carbonyl (C=O) groups is 1. The molecule has 0 aliphatic rings. The molecule has 0 heterocycles. The van der Waals surface area contributed by atoms with Gasteiger partial charge < -0.3 is 11.1 Å². The van der Waals surface area contributed by atoms with Gasteiger partial charge in [-0.05, 0) is 32.5 Å². The Hall–Kier alpha value is -1.39. The van der Waals surface area contributed by atoms with Gasteiger partial charge in [-0.2, -0.15) is 0 Å². The van der Waals surface area contributed by atoms with Crippen LogP contribution in [0.25, 0.3) is 0 Å². The Balaban J connectivity index is 2.91. The Bertz CT molecular complexity index is 407.